The van der Waals surface area contributed by atoms with Gasteiger partial charge in [-0.15, -0.1) is 11.3 Å². The molecule has 5 heteroatoms. The third-order valence-corrected chi connectivity index (χ3v) is 4.16. The van der Waals surface area contributed by atoms with Crippen LogP contribution in [-0.2, 0) is 0 Å². The zero-order chi connectivity index (χ0) is 13.1. The van der Waals surface area contributed by atoms with Crippen molar-refractivity contribution in [1.29, 1.82) is 0 Å². The first kappa shape index (κ1) is 13.5. The highest BCUT2D eigenvalue weighted by Gasteiger charge is 2.13. The fourth-order valence-electron chi connectivity index (χ4n) is 1.78. The SMILES string of the molecule is CC(NC(C)c1ccc(Cl)s1)c1cncc(F)c1. The van der Waals surface area contributed by atoms with Gasteiger partial charge in [0.05, 0.1) is 10.5 Å². The second-order valence-electron chi connectivity index (χ2n) is 4.19. The summed E-state index contributed by atoms with van der Waals surface area (Å²) in [4.78, 5) is 5.02. The molecule has 0 saturated heterocycles. The smallest absolute Gasteiger partial charge is 0.141 e. The predicted molar refractivity (Wildman–Crippen MR) is 73.5 cm³/mol. The average Bonchev–Trinajstić information content (AvgIpc) is 2.76. The lowest BCUT2D eigenvalue weighted by atomic mass is 10.1. The summed E-state index contributed by atoms with van der Waals surface area (Å²) in [6, 6.07) is 5.58. The summed E-state index contributed by atoms with van der Waals surface area (Å²) in [6.45, 7) is 4.05. The molecule has 0 radical (unpaired) electrons. The maximum absolute atomic E-state index is 13.1. The molecule has 96 valence electrons. The van der Waals surface area contributed by atoms with Crippen molar-refractivity contribution in [3.63, 3.8) is 0 Å². The summed E-state index contributed by atoms with van der Waals surface area (Å²) in [6.07, 6.45) is 2.88. The molecular formula is C13H14ClFN2S. The Morgan fingerprint density at radius 3 is 2.67 bits per heavy atom. The molecular weight excluding hydrogens is 271 g/mol. The molecule has 0 spiro atoms. The van der Waals surface area contributed by atoms with Crippen LogP contribution in [0.5, 0.6) is 0 Å². The summed E-state index contributed by atoms with van der Waals surface area (Å²) in [5.41, 5.74) is 0.838. The number of halogens is 2. The van der Waals surface area contributed by atoms with Gasteiger partial charge in [0, 0.05) is 23.2 Å². The summed E-state index contributed by atoms with van der Waals surface area (Å²) < 4.78 is 13.9. The molecule has 0 aliphatic heterocycles. The maximum Gasteiger partial charge on any atom is 0.141 e. The first-order valence-corrected chi connectivity index (χ1v) is 6.87. The van der Waals surface area contributed by atoms with Gasteiger partial charge in [-0.25, -0.2) is 4.39 Å². The number of hydrogen-bond acceptors (Lipinski definition) is 3. The minimum Gasteiger partial charge on any atom is -0.303 e. The third kappa shape index (κ3) is 3.28. The molecule has 2 nitrogen and oxygen atoms in total. The van der Waals surface area contributed by atoms with E-state index in [1.807, 2.05) is 19.1 Å². The van der Waals surface area contributed by atoms with Crippen LogP contribution in [0.4, 0.5) is 4.39 Å². The fraction of sp³-hybridized carbons (Fsp3) is 0.308. The minimum absolute atomic E-state index is 0.0316. The van der Waals surface area contributed by atoms with Crippen LogP contribution in [0.1, 0.15) is 36.4 Å². The first-order valence-electron chi connectivity index (χ1n) is 5.68. The van der Waals surface area contributed by atoms with Crippen LogP contribution >= 0.6 is 22.9 Å². The molecule has 2 unspecified atom stereocenters. The van der Waals surface area contributed by atoms with Gasteiger partial charge in [-0.2, -0.15) is 0 Å². The van der Waals surface area contributed by atoms with Gasteiger partial charge >= 0.3 is 0 Å². The van der Waals surface area contributed by atoms with E-state index in [0.29, 0.717) is 0 Å². The number of aromatic nitrogens is 1. The Hall–Kier alpha value is -0.970. The summed E-state index contributed by atoms with van der Waals surface area (Å²) in [7, 11) is 0. The number of hydrogen-bond donors (Lipinski definition) is 1. The van der Waals surface area contributed by atoms with E-state index in [-0.39, 0.29) is 17.9 Å². The quantitative estimate of drug-likeness (QED) is 0.903. The third-order valence-electron chi connectivity index (χ3n) is 2.75. The van der Waals surface area contributed by atoms with Crippen LogP contribution in [0, 0.1) is 5.82 Å². The van der Waals surface area contributed by atoms with Gasteiger partial charge in [0.15, 0.2) is 0 Å². The second kappa shape index (κ2) is 5.78. The van der Waals surface area contributed by atoms with E-state index in [4.69, 9.17) is 11.6 Å². The van der Waals surface area contributed by atoms with E-state index in [1.54, 1.807) is 17.5 Å². The van der Waals surface area contributed by atoms with Crippen molar-refractivity contribution in [2.24, 2.45) is 0 Å². The van der Waals surface area contributed by atoms with E-state index < -0.39 is 0 Å². The van der Waals surface area contributed by atoms with Gasteiger partial charge in [0.2, 0.25) is 0 Å². The maximum atomic E-state index is 13.1. The molecule has 0 aliphatic carbocycles. The normalized spacial score (nSPS) is 14.4. The van der Waals surface area contributed by atoms with Crippen LogP contribution in [0.3, 0.4) is 0 Å². The molecule has 2 heterocycles. The molecule has 2 atom stereocenters. The minimum atomic E-state index is -0.312. The van der Waals surface area contributed by atoms with E-state index >= 15 is 0 Å². The Morgan fingerprint density at radius 2 is 2.06 bits per heavy atom. The van der Waals surface area contributed by atoms with E-state index in [0.717, 1.165) is 14.8 Å². The van der Waals surface area contributed by atoms with Crippen LogP contribution < -0.4 is 5.32 Å². The number of pyridine rings is 1. The van der Waals surface area contributed by atoms with Crippen molar-refractivity contribution in [2.45, 2.75) is 25.9 Å². The van der Waals surface area contributed by atoms with Crippen LogP contribution in [-0.4, -0.2) is 4.98 Å². The topological polar surface area (TPSA) is 24.9 Å². The zero-order valence-electron chi connectivity index (χ0n) is 10.2. The molecule has 1 N–H and O–H groups in total. The number of rotatable bonds is 4. The molecule has 2 aromatic rings. The van der Waals surface area contributed by atoms with Crippen molar-refractivity contribution in [1.82, 2.24) is 10.3 Å². The largest absolute Gasteiger partial charge is 0.303 e. The molecule has 0 aromatic carbocycles. The molecule has 0 amide bonds. The van der Waals surface area contributed by atoms with Gasteiger partial charge in [-0.1, -0.05) is 11.6 Å². The second-order valence-corrected chi connectivity index (χ2v) is 5.94. The lowest BCUT2D eigenvalue weighted by molar-refractivity contribution is 0.495. The van der Waals surface area contributed by atoms with Crippen molar-refractivity contribution >= 4 is 22.9 Å². The molecule has 0 saturated carbocycles. The monoisotopic (exact) mass is 284 g/mol. The summed E-state index contributed by atoms with van der Waals surface area (Å²) in [5, 5.41) is 3.40. The highest BCUT2D eigenvalue weighted by Crippen LogP contribution is 2.28. The number of nitrogens with zero attached hydrogens (tertiary/aromatic N) is 1. The predicted octanol–water partition coefficient (Wildman–Crippen LogP) is 4.35. The Labute approximate surface area is 115 Å². The van der Waals surface area contributed by atoms with Gasteiger partial charge < -0.3 is 5.32 Å². The fourth-order valence-corrected chi connectivity index (χ4v) is 2.85. The lowest BCUT2D eigenvalue weighted by Crippen LogP contribution is -2.22. The summed E-state index contributed by atoms with van der Waals surface area (Å²) in [5.74, 6) is -0.312. The van der Waals surface area contributed by atoms with Gasteiger partial charge in [-0.05, 0) is 37.6 Å². The molecule has 2 aromatic heterocycles. The Kier molecular flexibility index (Phi) is 4.32. The molecule has 0 fully saturated rings. The van der Waals surface area contributed by atoms with Crippen molar-refractivity contribution < 1.29 is 4.39 Å². The van der Waals surface area contributed by atoms with Crippen LogP contribution in [0.2, 0.25) is 4.34 Å². The van der Waals surface area contributed by atoms with Gasteiger partial charge in [-0.3, -0.25) is 4.98 Å². The zero-order valence-corrected chi connectivity index (χ0v) is 11.7. The van der Waals surface area contributed by atoms with Crippen LogP contribution in [0.15, 0.2) is 30.6 Å². The standard InChI is InChI=1S/C13H14ClFN2S/c1-8(10-5-11(15)7-16-6-10)17-9(2)12-3-4-13(14)18-12/h3-9,17H,1-2H3. The number of thiophene rings is 1. The van der Waals surface area contributed by atoms with Crippen LogP contribution in [0.25, 0.3) is 0 Å². The highest BCUT2D eigenvalue weighted by atomic mass is 35.5. The molecule has 18 heavy (non-hydrogen) atoms. The Morgan fingerprint density at radius 1 is 1.28 bits per heavy atom. The van der Waals surface area contributed by atoms with E-state index in [9.17, 15) is 4.39 Å². The van der Waals surface area contributed by atoms with Gasteiger partial charge in [0.25, 0.3) is 0 Å². The molecule has 0 aliphatic rings. The van der Waals surface area contributed by atoms with E-state index in [2.05, 4.69) is 17.2 Å². The Bertz CT molecular complexity index is 529. The van der Waals surface area contributed by atoms with Crippen molar-refractivity contribution in [3.05, 3.63) is 51.2 Å². The lowest BCUT2D eigenvalue weighted by Gasteiger charge is -2.19. The number of nitrogens with one attached hydrogen (secondary N) is 1. The summed E-state index contributed by atoms with van der Waals surface area (Å²) >= 11 is 7.46. The Balaban J connectivity index is 2.05. The molecule has 2 rings (SSSR count). The molecule has 0 bridgehead atoms. The first-order chi connectivity index (χ1) is 8.56. The highest BCUT2D eigenvalue weighted by molar-refractivity contribution is 7.16. The van der Waals surface area contributed by atoms with E-state index in [1.165, 1.54) is 12.3 Å². The van der Waals surface area contributed by atoms with Crippen molar-refractivity contribution in [3.8, 4) is 0 Å². The van der Waals surface area contributed by atoms with Gasteiger partial charge in [0.1, 0.15) is 5.82 Å². The average molecular weight is 285 g/mol. The van der Waals surface area contributed by atoms with Crippen molar-refractivity contribution in [2.75, 3.05) is 0 Å².